The Kier molecular flexibility index (Phi) is 7.04. The first-order valence-corrected chi connectivity index (χ1v) is 10.8. The second kappa shape index (κ2) is 8.80. The Labute approximate surface area is 144 Å². The van der Waals surface area contributed by atoms with Crippen LogP contribution in [0.15, 0.2) is 41.4 Å². The summed E-state index contributed by atoms with van der Waals surface area (Å²) in [6.45, 7) is 3.25. The molecule has 4 nitrogen and oxygen atoms in total. The number of aromatic nitrogens is 1. The molecule has 1 heterocycles. The summed E-state index contributed by atoms with van der Waals surface area (Å²) in [5, 5.41) is 1.95. The predicted molar refractivity (Wildman–Crippen MR) is 96.6 cm³/mol. The van der Waals surface area contributed by atoms with Gasteiger partial charge in [0.15, 0.2) is 6.20 Å². The molecule has 0 aliphatic rings. The van der Waals surface area contributed by atoms with Gasteiger partial charge < -0.3 is 13.3 Å². The molecule has 0 aliphatic carbocycles. The first-order valence-electron chi connectivity index (χ1n) is 7.89. The monoisotopic (exact) mass is 352 g/mol. The molecule has 0 radical (unpaired) electrons. The highest BCUT2D eigenvalue weighted by Crippen LogP contribution is 2.28. The van der Waals surface area contributed by atoms with Gasteiger partial charge in [0.1, 0.15) is 6.54 Å². The average molecular weight is 353 g/mol. The van der Waals surface area contributed by atoms with Crippen LogP contribution in [0.5, 0.6) is 0 Å². The van der Waals surface area contributed by atoms with E-state index in [1.807, 2.05) is 0 Å². The highest BCUT2D eigenvalue weighted by atomic mass is 32.2. The number of unbranched alkanes of at least 4 members (excludes halogenated alkanes) is 1. The summed E-state index contributed by atoms with van der Waals surface area (Å²) in [7, 11) is 2.39. The number of rotatable bonds is 9. The molecular formula is C17H26NO3SSi+. The van der Waals surface area contributed by atoms with E-state index in [0.29, 0.717) is 5.38 Å². The standard InChI is InChI=1S/C17H26NO3SSi/c1-5-6-12-18-13-8-10-15-9-7-11-16(17(15)18)22-14-23(19-2,20-3)21-4/h7-11,13H,5-6,12,14H2,1-4H3/q+1. The highest BCUT2D eigenvalue weighted by molar-refractivity contribution is 8.01. The lowest BCUT2D eigenvalue weighted by Crippen LogP contribution is -2.46. The van der Waals surface area contributed by atoms with E-state index in [-0.39, 0.29) is 0 Å². The molecule has 2 rings (SSSR count). The molecular weight excluding hydrogens is 326 g/mol. The maximum atomic E-state index is 5.53. The zero-order valence-electron chi connectivity index (χ0n) is 14.4. The van der Waals surface area contributed by atoms with E-state index in [1.54, 1.807) is 33.1 Å². The SMILES string of the molecule is CCCC[n+]1cccc2cccc(SC[Si](OC)(OC)OC)c21. The molecule has 2 aromatic rings. The van der Waals surface area contributed by atoms with Gasteiger partial charge in [-0.2, -0.15) is 4.57 Å². The van der Waals surface area contributed by atoms with Gasteiger partial charge in [-0.3, -0.25) is 0 Å². The summed E-state index contributed by atoms with van der Waals surface area (Å²) in [6.07, 6.45) is 4.52. The van der Waals surface area contributed by atoms with Crippen LogP contribution in [0.25, 0.3) is 10.9 Å². The van der Waals surface area contributed by atoms with Gasteiger partial charge in [-0.1, -0.05) is 19.4 Å². The Hall–Kier alpha value is -0.923. The minimum absolute atomic E-state index is 0.693. The van der Waals surface area contributed by atoms with Crippen molar-refractivity contribution in [2.75, 3.05) is 26.7 Å². The van der Waals surface area contributed by atoms with Crippen LogP contribution in [-0.2, 0) is 19.8 Å². The Morgan fingerprint density at radius 1 is 1.04 bits per heavy atom. The molecule has 0 amide bonds. The van der Waals surface area contributed by atoms with E-state index >= 15 is 0 Å². The number of para-hydroxylation sites is 1. The first kappa shape index (κ1) is 18.4. The molecule has 0 bridgehead atoms. The van der Waals surface area contributed by atoms with Crippen molar-refractivity contribution < 1.29 is 17.8 Å². The van der Waals surface area contributed by atoms with Crippen molar-refractivity contribution in [3.05, 3.63) is 36.5 Å². The number of benzene rings is 1. The van der Waals surface area contributed by atoms with Crippen LogP contribution in [0.4, 0.5) is 0 Å². The fourth-order valence-corrected chi connectivity index (χ4v) is 6.32. The number of hydrogen-bond donors (Lipinski definition) is 0. The fraction of sp³-hybridized carbons (Fsp3) is 0.471. The van der Waals surface area contributed by atoms with Gasteiger partial charge in [0.25, 0.3) is 0 Å². The second-order valence-electron chi connectivity index (χ2n) is 5.33. The van der Waals surface area contributed by atoms with E-state index in [1.165, 1.54) is 28.6 Å². The molecule has 0 spiro atoms. The molecule has 0 N–H and O–H groups in total. The summed E-state index contributed by atoms with van der Waals surface area (Å²) in [5.74, 6) is 0. The van der Waals surface area contributed by atoms with Gasteiger partial charge in [-0.05, 0) is 18.2 Å². The summed E-state index contributed by atoms with van der Waals surface area (Å²) < 4.78 is 18.9. The van der Waals surface area contributed by atoms with Gasteiger partial charge >= 0.3 is 8.80 Å². The van der Waals surface area contributed by atoms with E-state index in [0.717, 1.165) is 6.54 Å². The molecule has 1 aromatic carbocycles. The Balaban J connectivity index is 2.33. The molecule has 23 heavy (non-hydrogen) atoms. The Bertz CT molecular complexity index is 621. The number of pyridine rings is 1. The molecule has 0 unspecified atom stereocenters. The topological polar surface area (TPSA) is 31.6 Å². The van der Waals surface area contributed by atoms with Crippen molar-refractivity contribution >= 4 is 31.5 Å². The molecule has 1 aromatic heterocycles. The molecule has 0 fully saturated rings. The maximum absolute atomic E-state index is 5.53. The smallest absolute Gasteiger partial charge is 0.376 e. The van der Waals surface area contributed by atoms with Gasteiger partial charge in [-0.15, -0.1) is 11.8 Å². The molecule has 0 saturated carbocycles. The van der Waals surface area contributed by atoms with Gasteiger partial charge in [0.2, 0.25) is 5.52 Å². The number of thioether (sulfide) groups is 1. The van der Waals surface area contributed by atoms with Crippen molar-refractivity contribution in [1.82, 2.24) is 0 Å². The molecule has 0 saturated heterocycles. The zero-order valence-corrected chi connectivity index (χ0v) is 16.2. The van der Waals surface area contributed by atoms with Crippen molar-refractivity contribution in [2.24, 2.45) is 0 Å². The summed E-state index contributed by atoms with van der Waals surface area (Å²) in [6, 6.07) is 10.7. The van der Waals surface area contributed by atoms with Gasteiger partial charge in [-0.25, -0.2) is 0 Å². The van der Waals surface area contributed by atoms with Gasteiger partial charge in [0.05, 0.1) is 10.3 Å². The third-order valence-corrected chi connectivity index (χ3v) is 8.45. The molecule has 126 valence electrons. The molecule has 6 heteroatoms. The maximum Gasteiger partial charge on any atom is 0.510 e. The van der Waals surface area contributed by atoms with E-state index < -0.39 is 8.80 Å². The van der Waals surface area contributed by atoms with Crippen molar-refractivity contribution in [1.29, 1.82) is 0 Å². The number of hydrogen-bond acceptors (Lipinski definition) is 4. The lowest BCUT2D eigenvalue weighted by molar-refractivity contribution is -0.673. The van der Waals surface area contributed by atoms with Crippen molar-refractivity contribution in [3.63, 3.8) is 0 Å². The summed E-state index contributed by atoms with van der Waals surface area (Å²) in [4.78, 5) is 1.24. The van der Waals surface area contributed by atoms with Crippen LogP contribution in [0.1, 0.15) is 19.8 Å². The lowest BCUT2D eigenvalue weighted by Gasteiger charge is -2.23. The quantitative estimate of drug-likeness (QED) is 0.393. The second-order valence-corrected chi connectivity index (χ2v) is 9.81. The number of fused-ring (bicyclic) bond motifs is 1. The Morgan fingerprint density at radius 3 is 2.39 bits per heavy atom. The van der Waals surface area contributed by atoms with Crippen molar-refractivity contribution in [2.45, 2.75) is 31.2 Å². The first-order chi connectivity index (χ1) is 11.2. The van der Waals surface area contributed by atoms with Crippen LogP contribution in [0.2, 0.25) is 0 Å². The summed E-state index contributed by atoms with van der Waals surface area (Å²) >= 11 is 1.74. The van der Waals surface area contributed by atoms with Crippen LogP contribution in [-0.4, -0.2) is 35.5 Å². The average Bonchev–Trinajstić information content (AvgIpc) is 2.61. The number of aryl methyl sites for hydroxylation is 1. The van der Waals surface area contributed by atoms with Crippen LogP contribution < -0.4 is 4.57 Å². The fourth-order valence-electron chi connectivity index (χ4n) is 2.53. The van der Waals surface area contributed by atoms with Crippen LogP contribution in [0, 0.1) is 0 Å². The highest BCUT2D eigenvalue weighted by Gasteiger charge is 2.38. The Morgan fingerprint density at radius 2 is 1.74 bits per heavy atom. The zero-order chi connectivity index (χ0) is 16.7. The normalized spacial score (nSPS) is 12.0. The molecule has 0 atom stereocenters. The van der Waals surface area contributed by atoms with Crippen molar-refractivity contribution in [3.8, 4) is 0 Å². The van der Waals surface area contributed by atoms with E-state index in [2.05, 4.69) is 48.0 Å². The number of nitrogens with zero attached hydrogens (tertiary/aromatic N) is 1. The van der Waals surface area contributed by atoms with Crippen LogP contribution in [0.3, 0.4) is 0 Å². The largest absolute Gasteiger partial charge is 0.510 e. The van der Waals surface area contributed by atoms with E-state index in [9.17, 15) is 0 Å². The third kappa shape index (κ3) is 4.33. The van der Waals surface area contributed by atoms with E-state index in [4.69, 9.17) is 13.3 Å². The lowest BCUT2D eigenvalue weighted by atomic mass is 10.2. The summed E-state index contributed by atoms with van der Waals surface area (Å²) in [5.41, 5.74) is 1.28. The minimum atomic E-state index is -2.58. The molecule has 0 aliphatic heterocycles. The minimum Gasteiger partial charge on any atom is -0.376 e. The predicted octanol–water partition coefficient (Wildman–Crippen LogP) is 3.44. The van der Waals surface area contributed by atoms with Gasteiger partial charge in [0, 0.05) is 39.2 Å². The third-order valence-electron chi connectivity index (χ3n) is 3.95. The van der Waals surface area contributed by atoms with Crippen LogP contribution >= 0.6 is 11.8 Å².